The molecule has 180 valence electrons. The number of ketones is 1. The first-order chi connectivity index (χ1) is 16.3. The lowest BCUT2D eigenvalue weighted by Crippen LogP contribution is -2.36. The van der Waals surface area contributed by atoms with Crippen LogP contribution in [0.25, 0.3) is 0 Å². The minimum absolute atomic E-state index is 0.0431. The number of anilines is 2. The summed E-state index contributed by atoms with van der Waals surface area (Å²) in [6, 6.07) is 8.14. The quantitative estimate of drug-likeness (QED) is 0.559. The average Bonchev–Trinajstić information content (AvgIpc) is 3.20. The number of amides is 1. The molecule has 2 aromatic rings. The number of hydrogen-bond acceptors (Lipinski definition) is 7. The molecule has 11 heteroatoms. The van der Waals surface area contributed by atoms with Gasteiger partial charge in [0, 0.05) is 25.9 Å². The highest BCUT2D eigenvalue weighted by atomic mass is 19.1. The fourth-order valence-electron chi connectivity index (χ4n) is 4.12. The number of halogens is 2. The molecule has 2 aliphatic rings. The Labute approximate surface area is 195 Å². The molecular formula is C23H25BF2N2O6. The van der Waals surface area contributed by atoms with E-state index in [-0.39, 0.29) is 42.6 Å². The Balaban J connectivity index is 1.33. The SMILES string of the molecule is O=C(CC[C@H]1CN(c2ccc(N3CCOCC3)c(F)c2)C(=O)O1)Cc1cc(B(O)O)ccc1F. The molecule has 2 saturated heterocycles. The van der Waals surface area contributed by atoms with E-state index in [4.69, 9.17) is 9.47 Å². The van der Waals surface area contributed by atoms with Gasteiger partial charge in [-0.25, -0.2) is 13.6 Å². The highest BCUT2D eigenvalue weighted by Crippen LogP contribution is 2.29. The maximum absolute atomic E-state index is 14.7. The summed E-state index contributed by atoms with van der Waals surface area (Å²) in [7, 11) is -1.76. The third-order valence-corrected chi connectivity index (χ3v) is 5.97. The molecule has 2 aliphatic heterocycles. The van der Waals surface area contributed by atoms with Crippen LogP contribution >= 0.6 is 0 Å². The first-order valence-corrected chi connectivity index (χ1v) is 11.1. The Bertz CT molecular complexity index is 1060. The molecule has 8 nitrogen and oxygen atoms in total. The smallest absolute Gasteiger partial charge is 0.444 e. The predicted octanol–water partition coefficient (Wildman–Crippen LogP) is 1.40. The van der Waals surface area contributed by atoms with E-state index in [1.54, 1.807) is 12.1 Å². The molecule has 0 radical (unpaired) electrons. The van der Waals surface area contributed by atoms with Gasteiger partial charge in [-0.1, -0.05) is 12.1 Å². The van der Waals surface area contributed by atoms with Crippen molar-refractivity contribution in [2.45, 2.75) is 25.4 Å². The fraction of sp³-hybridized carbons (Fsp3) is 0.391. The van der Waals surface area contributed by atoms with Crippen molar-refractivity contribution in [1.29, 1.82) is 0 Å². The number of nitrogens with zero attached hydrogens (tertiary/aromatic N) is 2. The highest BCUT2D eigenvalue weighted by Gasteiger charge is 2.33. The fourth-order valence-corrected chi connectivity index (χ4v) is 4.12. The number of benzene rings is 2. The molecule has 0 saturated carbocycles. The van der Waals surface area contributed by atoms with Gasteiger partial charge >= 0.3 is 13.2 Å². The van der Waals surface area contributed by atoms with Crippen LogP contribution in [-0.2, 0) is 20.7 Å². The van der Waals surface area contributed by atoms with Crippen LogP contribution in [0.15, 0.2) is 36.4 Å². The molecule has 2 aromatic carbocycles. The van der Waals surface area contributed by atoms with E-state index in [2.05, 4.69) is 0 Å². The van der Waals surface area contributed by atoms with Gasteiger partial charge < -0.3 is 24.4 Å². The molecule has 0 unspecified atom stereocenters. The Morgan fingerprint density at radius 3 is 2.56 bits per heavy atom. The van der Waals surface area contributed by atoms with Crippen molar-refractivity contribution >= 4 is 35.8 Å². The molecule has 1 atom stereocenters. The first-order valence-electron chi connectivity index (χ1n) is 11.1. The van der Waals surface area contributed by atoms with Gasteiger partial charge in [-0.3, -0.25) is 9.69 Å². The van der Waals surface area contributed by atoms with Crippen LogP contribution in [0.1, 0.15) is 18.4 Å². The summed E-state index contributed by atoms with van der Waals surface area (Å²) in [5.74, 6) is -1.33. The van der Waals surface area contributed by atoms with Crippen molar-refractivity contribution in [2.75, 3.05) is 42.6 Å². The summed E-state index contributed by atoms with van der Waals surface area (Å²) in [5.41, 5.74) is 0.981. The van der Waals surface area contributed by atoms with Gasteiger partial charge in [0.1, 0.15) is 23.5 Å². The minimum Gasteiger partial charge on any atom is -0.444 e. The van der Waals surface area contributed by atoms with E-state index >= 15 is 0 Å². The summed E-state index contributed by atoms with van der Waals surface area (Å²) in [6.07, 6.45) is -1.12. The summed E-state index contributed by atoms with van der Waals surface area (Å²) < 4.78 is 39.3. The minimum atomic E-state index is -1.76. The Hall–Kier alpha value is -3.02. The van der Waals surface area contributed by atoms with E-state index in [9.17, 15) is 28.4 Å². The van der Waals surface area contributed by atoms with Crippen molar-refractivity contribution < 1.29 is 37.9 Å². The number of ether oxygens (including phenoxy) is 2. The normalized spacial score (nSPS) is 18.2. The second kappa shape index (κ2) is 10.5. The second-order valence-electron chi connectivity index (χ2n) is 8.33. The van der Waals surface area contributed by atoms with Gasteiger partial charge in [-0.05, 0) is 41.7 Å². The lowest BCUT2D eigenvalue weighted by Gasteiger charge is -2.29. The molecule has 0 aromatic heterocycles. The molecule has 2 N–H and O–H groups in total. The zero-order valence-corrected chi connectivity index (χ0v) is 18.5. The van der Waals surface area contributed by atoms with E-state index < -0.39 is 31.0 Å². The average molecular weight is 474 g/mol. The zero-order chi connectivity index (χ0) is 24.2. The van der Waals surface area contributed by atoms with Crippen molar-refractivity contribution in [1.82, 2.24) is 0 Å². The summed E-state index contributed by atoms with van der Waals surface area (Å²) in [4.78, 5) is 27.9. The maximum atomic E-state index is 14.7. The Morgan fingerprint density at radius 1 is 1.09 bits per heavy atom. The zero-order valence-electron chi connectivity index (χ0n) is 18.5. The maximum Gasteiger partial charge on any atom is 0.488 e. The van der Waals surface area contributed by atoms with Crippen molar-refractivity contribution in [3.63, 3.8) is 0 Å². The topological polar surface area (TPSA) is 99.5 Å². The second-order valence-corrected chi connectivity index (χ2v) is 8.33. The van der Waals surface area contributed by atoms with E-state index in [0.29, 0.717) is 37.7 Å². The van der Waals surface area contributed by atoms with Crippen LogP contribution in [0, 0.1) is 11.6 Å². The Morgan fingerprint density at radius 2 is 1.85 bits per heavy atom. The standard InChI is InChI=1S/C23H25BF2N2O6/c25-20-5-1-16(24(31)32)11-15(20)12-18(29)3-4-19-14-28(23(30)34-19)17-2-6-22(21(26)13-17)27-7-9-33-10-8-27/h1-2,5-6,11,13,19,31-32H,3-4,7-10,12,14H2/t19-/m0/s1. The van der Waals surface area contributed by atoms with E-state index in [1.807, 2.05) is 4.90 Å². The summed E-state index contributed by atoms with van der Waals surface area (Å²) in [5, 5.41) is 18.5. The Kier molecular flexibility index (Phi) is 7.45. The van der Waals surface area contributed by atoms with Crippen LogP contribution in [-0.4, -0.2) is 68.0 Å². The molecule has 4 rings (SSSR count). The van der Waals surface area contributed by atoms with Crippen LogP contribution in [0.4, 0.5) is 25.0 Å². The molecular weight excluding hydrogens is 449 g/mol. The van der Waals surface area contributed by atoms with Gasteiger partial charge in [-0.15, -0.1) is 0 Å². The van der Waals surface area contributed by atoms with Crippen molar-refractivity contribution in [3.8, 4) is 0 Å². The number of carbonyl (C=O) groups excluding carboxylic acids is 2. The predicted molar refractivity (Wildman–Crippen MR) is 121 cm³/mol. The molecule has 34 heavy (non-hydrogen) atoms. The molecule has 1 amide bonds. The van der Waals surface area contributed by atoms with Gasteiger partial charge in [0.2, 0.25) is 0 Å². The molecule has 0 spiro atoms. The molecule has 2 heterocycles. The van der Waals surface area contributed by atoms with Crippen LogP contribution < -0.4 is 15.3 Å². The lowest BCUT2D eigenvalue weighted by molar-refractivity contribution is -0.118. The number of hydrogen-bond donors (Lipinski definition) is 2. The third kappa shape index (κ3) is 5.54. The van der Waals surface area contributed by atoms with E-state index in [0.717, 1.165) is 6.07 Å². The molecule has 0 aliphatic carbocycles. The van der Waals surface area contributed by atoms with Crippen LogP contribution in [0.3, 0.4) is 0 Å². The molecule has 0 bridgehead atoms. The lowest BCUT2D eigenvalue weighted by atomic mass is 9.79. The number of rotatable bonds is 8. The van der Waals surface area contributed by atoms with Gasteiger partial charge in [0.05, 0.1) is 31.1 Å². The van der Waals surface area contributed by atoms with Gasteiger partial charge in [0.15, 0.2) is 0 Å². The van der Waals surface area contributed by atoms with Crippen molar-refractivity contribution in [2.24, 2.45) is 0 Å². The van der Waals surface area contributed by atoms with E-state index in [1.165, 1.54) is 23.1 Å². The van der Waals surface area contributed by atoms with Crippen LogP contribution in [0.5, 0.6) is 0 Å². The number of Topliss-reactive ketones (excluding diaryl/α,β-unsaturated/α-hetero) is 1. The molecule has 2 fully saturated rings. The van der Waals surface area contributed by atoms with Crippen LogP contribution in [0.2, 0.25) is 0 Å². The highest BCUT2D eigenvalue weighted by molar-refractivity contribution is 6.58. The van der Waals surface area contributed by atoms with Gasteiger partial charge in [0.25, 0.3) is 0 Å². The van der Waals surface area contributed by atoms with Gasteiger partial charge in [-0.2, -0.15) is 0 Å². The number of morpholine rings is 1. The van der Waals surface area contributed by atoms with Crippen molar-refractivity contribution in [3.05, 3.63) is 53.6 Å². The first kappa shape index (κ1) is 24.1. The number of carbonyl (C=O) groups is 2. The third-order valence-electron chi connectivity index (χ3n) is 5.97. The number of cyclic esters (lactones) is 1. The largest absolute Gasteiger partial charge is 0.488 e. The summed E-state index contributed by atoms with van der Waals surface area (Å²) >= 11 is 0. The monoisotopic (exact) mass is 474 g/mol. The summed E-state index contributed by atoms with van der Waals surface area (Å²) in [6.45, 7) is 2.41.